The molecule has 1 N–H and O–H groups in total. The normalized spacial score (nSPS) is 11.0. The first-order valence-electron chi connectivity index (χ1n) is 10.1. The second-order valence-corrected chi connectivity index (χ2v) is 8.63. The first kappa shape index (κ1) is 21.0. The number of halogens is 1. The Bertz CT molecular complexity index is 1210. The molecule has 1 heterocycles. The molecular weight excluding hydrogens is 452 g/mol. The number of hydrogen-bond acceptors (Lipinski definition) is 3. The van der Waals surface area contributed by atoms with Gasteiger partial charge in [-0.1, -0.05) is 77.8 Å². The van der Waals surface area contributed by atoms with Crippen LogP contribution < -0.4 is 5.32 Å². The summed E-state index contributed by atoms with van der Waals surface area (Å²) in [4.78, 5) is 17.7. The standard InChI is InChI=1S/C25H23BrN4O/c1-16(2)21-15-19(26)11-14-22(21)27-25(31)23-28-24(18-7-5-4-6-8-18)30(29-23)20-12-9-17(3)10-13-20/h4-16H,1-3H3,(H,27,31). The molecule has 4 rings (SSSR count). The van der Waals surface area contributed by atoms with Gasteiger partial charge in [0, 0.05) is 15.7 Å². The Labute approximate surface area is 190 Å². The fourth-order valence-electron chi connectivity index (χ4n) is 3.35. The zero-order chi connectivity index (χ0) is 22.0. The van der Waals surface area contributed by atoms with Crippen molar-refractivity contribution in [3.63, 3.8) is 0 Å². The van der Waals surface area contributed by atoms with Gasteiger partial charge in [0.25, 0.3) is 5.91 Å². The second kappa shape index (κ2) is 8.86. The quantitative estimate of drug-likeness (QED) is 0.364. The number of nitrogens with one attached hydrogen (secondary N) is 1. The summed E-state index contributed by atoms with van der Waals surface area (Å²) in [5.74, 6) is 0.657. The number of benzene rings is 3. The molecule has 0 saturated heterocycles. The molecule has 0 aliphatic rings. The van der Waals surface area contributed by atoms with E-state index < -0.39 is 0 Å². The van der Waals surface area contributed by atoms with Crippen molar-refractivity contribution in [2.45, 2.75) is 26.7 Å². The van der Waals surface area contributed by atoms with Gasteiger partial charge in [0.1, 0.15) is 0 Å². The molecule has 1 amide bonds. The van der Waals surface area contributed by atoms with Crippen LogP contribution in [0.3, 0.4) is 0 Å². The lowest BCUT2D eigenvalue weighted by molar-refractivity contribution is 0.101. The maximum Gasteiger partial charge on any atom is 0.295 e. The van der Waals surface area contributed by atoms with Gasteiger partial charge in [0.15, 0.2) is 5.82 Å². The third-order valence-electron chi connectivity index (χ3n) is 5.00. The minimum absolute atomic E-state index is 0.122. The van der Waals surface area contributed by atoms with Crippen LogP contribution in [0, 0.1) is 6.92 Å². The van der Waals surface area contributed by atoms with E-state index in [0.29, 0.717) is 5.82 Å². The summed E-state index contributed by atoms with van der Waals surface area (Å²) in [7, 11) is 0. The van der Waals surface area contributed by atoms with E-state index in [4.69, 9.17) is 0 Å². The summed E-state index contributed by atoms with van der Waals surface area (Å²) < 4.78 is 2.69. The molecule has 3 aromatic carbocycles. The van der Waals surface area contributed by atoms with E-state index in [1.807, 2.05) is 79.7 Å². The average Bonchev–Trinajstić information content (AvgIpc) is 3.21. The van der Waals surface area contributed by atoms with E-state index in [1.165, 1.54) is 0 Å². The molecule has 156 valence electrons. The topological polar surface area (TPSA) is 59.8 Å². The van der Waals surface area contributed by atoms with Gasteiger partial charge in [0.05, 0.1) is 5.69 Å². The van der Waals surface area contributed by atoms with Crippen molar-refractivity contribution in [1.29, 1.82) is 0 Å². The van der Waals surface area contributed by atoms with Crippen molar-refractivity contribution in [2.24, 2.45) is 0 Å². The monoisotopic (exact) mass is 474 g/mol. The fraction of sp³-hybridized carbons (Fsp3) is 0.160. The van der Waals surface area contributed by atoms with E-state index in [9.17, 15) is 4.79 Å². The largest absolute Gasteiger partial charge is 0.319 e. The Kier molecular flexibility index (Phi) is 6.00. The van der Waals surface area contributed by atoms with E-state index in [2.05, 4.69) is 45.2 Å². The number of amides is 1. The van der Waals surface area contributed by atoms with Crippen molar-refractivity contribution >= 4 is 27.5 Å². The Morgan fingerprint density at radius 3 is 2.39 bits per heavy atom. The molecule has 0 atom stereocenters. The number of nitrogens with zero attached hydrogens (tertiary/aromatic N) is 3. The third kappa shape index (κ3) is 4.59. The van der Waals surface area contributed by atoms with Crippen molar-refractivity contribution in [2.75, 3.05) is 5.32 Å². The number of carbonyl (C=O) groups excluding carboxylic acids is 1. The Morgan fingerprint density at radius 1 is 1.00 bits per heavy atom. The zero-order valence-electron chi connectivity index (χ0n) is 17.6. The maximum atomic E-state index is 13.1. The summed E-state index contributed by atoms with van der Waals surface area (Å²) >= 11 is 3.50. The van der Waals surface area contributed by atoms with E-state index in [0.717, 1.165) is 32.5 Å². The number of hydrogen-bond donors (Lipinski definition) is 1. The van der Waals surface area contributed by atoms with Crippen LogP contribution in [0.15, 0.2) is 77.3 Å². The van der Waals surface area contributed by atoms with Gasteiger partial charge in [-0.05, 0) is 48.7 Å². The van der Waals surface area contributed by atoms with Crippen LogP contribution in [0.4, 0.5) is 5.69 Å². The lowest BCUT2D eigenvalue weighted by atomic mass is 10.0. The van der Waals surface area contributed by atoms with Crippen LogP contribution in [0.1, 0.15) is 41.5 Å². The lowest BCUT2D eigenvalue weighted by Crippen LogP contribution is -2.16. The van der Waals surface area contributed by atoms with Gasteiger partial charge in [-0.2, -0.15) is 0 Å². The molecule has 0 fully saturated rings. The molecule has 0 aliphatic carbocycles. The molecule has 5 nitrogen and oxygen atoms in total. The van der Waals surface area contributed by atoms with Gasteiger partial charge in [-0.15, -0.1) is 5.10 Å². The highest BCUT2D eigenvalue weighted by Gasteiger charge is 2.20. The molecule has 0 saturated carbocycles. The van der Waals surface area contributed by atoms with E-state index in [-0.39, 0.29) is 17.6 Å². The Morgan fingerprint density at radius 2 is 1.71 bits per heavy atom. The summed E-state index contributed by atoms with van der Waals surface area (Å²) in [5, 5.41) is 7.55. The molecule has 1 aromatic heterocycles. The zero-order valence-corrected chi connectivity index (χ0v) is 19.2. The minimum Gasteiger partial charge on any atom is -0.319 e. The smallest absolute Gasteiger partial charge is 0.295 e. The first-order chi connectivity index (χ1) is 14.9. The molecule has 0 radical (unpaired) electrons. The number of carbonyl (C=O) groups is 1. The van der Waals surface area contributed by atoms with E-state index >= 15 is 0 Å². The number of aryl methyl sites for hydroxylation is 1. The molecule has 0 spiro atoms. The lowest BCUT2D eigenvalue weighted by Gasteiger charge is -2.13. The van der Waals surface area contributed by atoms with Crippen LogP contribution in [0.25, 0.3) is 17.1 Å². The van der Waals surface area contributed by atoms with Crippen molar-refractivity contribution in [3.8, 4) is 17.1 Å². The molecule has 6 heteroatoms. The van der Waals surface area contributed by atoms with Crippen molar-refractivity contribution in [3.05, 3.63) is 94.2 Å². The van der Waals surface area contributed by atoms with Gasteiger partial charge in [0.2, 0.25) is 5.82 Å². The number of aromatic nitrogens is 3. The Balaban J connectivity index is 1.74. The van der Waals surface area contributed by atoms with Crippen LogP contribution in [-0.4, -0.2) is 20.7 Å². The summed E-state index contributed by atoms with van der Waals surface area (Å²) in [6.45, 7) is 6.22. The van der Waals surface area contributed by atoms with Crippen LogP contribution >= 0.6 is 15.9 Å². The predicted molar refractivity (Wildman–Crippen MR) is 128 cm³/mol. The van der Waals surface area contributed by atoms with Gasteiger partial charge in [-0.25, -0.2) is 9.67 Å². The summed E-state index contributed by atoms with van der Waals surface area (Å²) in [6, 6.07) is 23.6. The van der Waals surface area contributed by atoms with Crippen molar-refractivity contribution in [1.82, 2.24) is 14.8 Å². The SMILES string of the molecule is Cc1ccc(-n2nc(C(=O)Nc3ccc(Br)cc3C(C)C)nc2-c2ccccc2)cc1. The highest BCUT2D eigenvalue weighted by molar-refractivity contribution is 9.10. The Hall–Kier alpha value is -3.25. The molecule has 0 bridgehead atoms. The first-order valence-corrected chi connectivity index (χ1v) is 10.9. The average molecular weight is 475 g/mol. The van der Waals surface area contributed by atoms with Crippen LogP contribution in [0.5, 0.6) is 0 Å². The van der Waals surface area contributed by atoms with Gasteiger partial charge in [-0.3, -0.25) is 4.79 Å². The number of anilines is 1. The molecule has 0 unspecified atom stereocenters. The van der Waals surface area contributed by atoms with E-state index in [1.54, 1.807) is 4.68 Å². The maximum absolute atomic E-state index is 13.1. The fourth-order valence-corrected chi connectivity index (χ4v) is 3.73. The molecular formula is C25H23BrN4O. The van der Waals surface area contributed by atoms with Gasteiger partial charge < -0.3 is 5.32 Å². The van der Waals surface area contributed by atoms with Crippen LogP contribution in [0.2, 0.25) is 0 Å². The molecule has 0 aliphatic heterocycles. The highest BCUT2D eigenvalue weighted by atomic mass is 79.9. The summed E-state index contributed by atoms with van der Waals surface area (Å²) in [5.41, 5.74) is 4.70. The highest BCUT2D eigenvalue weighted by Crippen LogP contribution is 2.28. The van der Waals surface area contributed by atoms with Crippen molar-refractivity contribution < 1.29 is 4.79 Å². The minimum atomic E-state index is -0.340. The number of rotatable bonds is 5. The second-order valence-electron chi connectivity index (χ2n) is 7.71. The molecule has 4 aromatic rings. The summed E-state index contributed by atoms with van der Waals surface area (Å²) in [6.07, 6.45) is 0. The van der Waals surface area contributed by atoms with Crippen LogP contribution in [-0.2, 0) is 0 Å². The third-order valence-corrected chi connectivity index (χ3v) is 5.50. The van der Waals surface area contributed by atoms with Gasteiger partial charge >= 0.3 is 0 Å². The molecule has 31 heavy (non-hydrogen) atoms. The predicted octanol–water partition coefficient (Wildman–Crippen LogP) is 6.38.